The maximum atomic E-state index is 15.3. The van der Waals surface area contributed by atoms with Crippen molar-refractivity contribution in [1.29, 1.82) is 0 Å². The molecule has 0 spiro atoms. The smallest absolute Gasteiger partial charge is 0.401 e. The highest BCUT2D eigenvalue weighted by atomic mass is 19.4. The van der Waals surface area contributed by atoms with E-state index < -0.39 is 42.6 Å². The second-order valence-corrected chi connectivity index (χ2v) is 8.94. The first kappa shape index (κ1) is 24.7. The number of fused-ring (bicyclic) bond motifs is 1. The Morgan fingerprint density at radius 1 is 1.09 bits per heavy atom. The summed E-state index contributed by atoms with van der Waals surface area (Å²) in [5.41, 5.74) is 0.420. The molecule has 0 bridgehead atoms. The van der Waals surface area contributed by atoms with Crippen LogP contribution >= 0.6 is 0 Å². The monoisotopic (exact) mass is 486 g/mol. The van der Waals surface area contributed by atoms with E-state index in [1.54, 1.807) is 6.92 Å². The quantitative estimate of drug-likeness (QED) is 0.549. The summed E-state index contributed by atoms with van der Waals surface area (Å²) in [6, 6.07) is 5.31. The van der Waals surface area contributed by atoms with Crippen molar-refractivity contribution in [2.45, 2.75) is 38.0 Å². The van der Waals surface area contributed by atoms with E-state index in [1.807, 2.05) is 4.90 Å². The minimum absolute atomic E-state index is 0.0583. The maximum Gasteiger partial charge on any atom is 0.401 e. The Hall–Kier alpha value is -2.46. The third-order valence-electron chi connectivity index (χ3n) is 6.24. The third-order valence-corrected chi connectivity index (χ3v) is 6.24. The van der Waals surface area contributed by atoms with Crippen molar-refractivity contribution in [1.82, 2.24) is 9.80 Å². The highest BCUT2D eigenvalue weighted by Crippen LogP contribution is 2.42. The molecule has 2 N–H and O–H groups in total. The average Bonchev–Trinajstić information content (AvgIpc) is 2.70. The van der Waals surface area contributed by atoms with Crippen molar-refractivity contribution < 1.29 is 31.4 Å². The van der Waals surface area contributed by atoms with Gasteiger partial charge in [0.15, 0.2) is 0 Å². The van der Waals surface area contributed by atoms with Crippen LogP contribution in [0.1, 0.15) is 30.0 Å². The van der Waals surface area contributed by atoms with E-state index in [2.05, 4.69) is 5.32 Å². The molecule has 2 aromatic carbocycles. The Kier molecular flexibility index (Phi) is 7.00. The molecule has 0 aliphatic carbocycles. The summed E-state index contributed by atoms with van der Waals surface area (Å²) in [4.78, 5) is 2.99. The molecule has 185 valence electrons. The number of alkyl halides is 4. The van der Waals surface area contributed by atoms with Gasteiger partial charge in [-0.05, 0) is 55.2 Å². The molecular weight excluding hydrogens is 460 g/mol. The Bertz CT molecular complexity index is 1000. The lowest BCUT2D eigenvalue weighted by Crippen LogP contribution is -2.54. The SMILES string of the molecule is C[C@@H]1Cc2cc(O)ccc2[C](c2c(F)cc(NC3CN(CCCF)C3)cc2F)N1CC(F)(F)F. The number of halogens is 6. The number of benzene rings is 2. The molecule has 0 unspecified atom stereocenters. The summed E-state index contributed by atoms with van der Waals surface area (Å²) in [6.45, 7) is 1.61. The number of hydrogen-bond donors (Lipinski definition) is 2. The van der Waals surface area contributed by atoms with Gasteiger partial charge in [0.05, 0.1) is 24.8 Å². The van der Waals surface area contributed by atoms with Gasteiger partial charge in [-0.1, -0.05) is 6.07 Å². The number of rotatable bonds is 7. The molecule has 10 heteroatoms. The Morgan fingerprint density at radius 2 is 1.76 bits per heavy atom. The zero-order valence-electron chi connectivity index (χ0n) is 18.6. The number of phenolic OH excluding ortho intramolecular Hbond substituents is 1. The minimum Gasteiger partial charge on any atom is -0.508 e. The van der Waals surface area contributed by atoms with Crippen LogP contribution in [0.25, 0.3) is 0 Å². The third kappa shape index (κ3) is 5.27. The largest absolute Gasteiger partial charge is 0.508 e. The Labute approximate surface area is 194 Å². The minimum atomic E-state index is -4.58. The van der Waals surface area contributed by atoms with Crippen LogP contribution in [0.15, 0.2) is 30.3 Å². The molecule has 2 aliphatic rings. The van der Waals surface area contributed by atoms with E-state index in [-0.39, 0.29) is 35.5 Å². The fourth-order valence-corrected chi connectivity index (χ4v) is 4.74. The number of phenols is 1. The number of nitrogens with zero attached hydrogens (tertiary/aromatic N) is 2. The number of aromatic hydroxyl groups is 1. The molecular formula is C24H26F6N3O. The van der Waals surface area contributed by atoms with E-state index in [1.165, 1.54) is 18.2 Å². The van der Waals surface area contributed by atoms with Crippen LogP contribution in [0.3, 0.4) is 0 Å². The van der Waals surface area contributed by atoms with Crippen LogP contribution in [0, 0.1) is 17.7 Å². The highest BCUT2D eigenvalue weighted by molar-refractivity contribution is 5.57. The van der Waals surface area contributed by atoms with Crippen molar-refractivity contribution in [2.75, 3.05) is 38.2 Å². The van der Waals surface area contributed by atoms with Crippen LogP contribution in [0.2, 0.25) is 0 Å². The predicted octanol–water partition coefficient (Wildman–Crippen LogP) is 4.86. The van der Waals surface area contributed by atoms with E-state index >= 15 is 8.78 Å². The maximum absolute atomic E-state index is 15.3. The zero-order valence-corrected chi connectivity index (χ0v) is 18.6. The fraction of sp³-hybridized carbons (Fsp3) is 0.458. The summed E-state index contributed by atoms with van der Waals surface area (Å²) in [6.07, 6.45) is -3.97. The summed E-state index contributed by atoms with van der Waals surface area (Å²) < 4.78 is 83.1. The Balaban J connectivity index is 1.64. The first-order valence-electron chi connectivity index (χ1n) is 11.1. The van der Waals surface area contributed by atoms with Crippen molar-refractivity contribution in [2.24, 2.45) is 0 Å². The molecule has 1 saturated heterocycles. The zero-order chi connectivity index (χ0) is 24.6. The van der Waals surface area contributed by atoms with Crippen LogP contribution in [0.4, 0.5) is 32.0 Å². The summed E-state index contributed by atoms with van der Waals surface area (Å²) >= 11 is 0. The number of hydrogen-bond acceptors (Lipinski definition) is 4. The lowest BCUT2D eigenvalue weighted by atomic mass is 9.84. The molecule has 4 rings (SSSR count). The summed E-state index contributed by atoms with van der Waals surface area (Å²) in [5.74, 6) is -2.03. The van der Waals surface area contributed by atoms with Gasteiger partial charge in [-0.3, -0.25) is 14.2 Å². The van der Waals surface area contributed by atoms with Crippen molar-refractivity contribution in [3.05, 3.63) is 64.7 Å². The van der Waals surface area contributed by atoms with Crippen LogP contribution < -0.4 is 5.32 Å². The molecule has 0 aromatic heterocycles. The summed E-state index contributed by atoms with van der Waals surface area (Å²) in [5, 5.41) is 12.9. The van der Waals surface area contributed by atoms with Crippen LogP contribution in [-0.2, 0) is 6.42 Å². The van der Waals surface area contributed by atoms with Gasteiger partial charge in [-0.15, -0.1) is 0 Å². The molecule has 4 nitrogen and oxygen atoms in total. The first-order chi connectivity index (χ1) is 16.1. The number of likely N-dealkylation sites (tertiary alicyclic amines) is 1. The van der Waals surface area contributed by atoms with Gasteiger partial charge >= 0.3 is 6.18 Å². The lowest BCUT2D eigenvalue weighted by Gasteiger charge is -2.42. The van der Waals surface area contributed by atoms with E-state index in [9.17, 15) is 22.7 Å². The normalized spacial score (nSPS) is 20.3. The second kappa shape index (κ2) is 9.65. The van der Waals surface area contributed by atoms with Gasteiger partial charge in [0.2, 0.25) is 0 Å². The molecule has 1 fully saturated rings. The van der Waals surface area contributed by atoms with Crippen LogP contribution in [0.5, 0.6) is 5.75 Å². The molecule has 34 heavy (non-hydrogen) atoms. The predicted molar refractivity (Wildman–Crippen MR) is 116 cm³/mol. The van der Waals surface area contributed by atoms with Crippen molar-refractivity contribution in [3.8, 4) is 5.75 Å². The lowest BCUT2D eigenvalue weighted by molar-refractivity contribution is -0.148. The number of anilines is 1. The summed E-state index contributed by atoms with van der Waals surface area (Å²) in [7, 11) is 0. The van der Waals surface area contributed by atoms with Gasteiger partial charge in [-0.2, -0.15) is 13.2 Å². The molecule has 0 amide bonds. The topological polar surface area (TPSA) is 38.7 Å². The van der Waals surface area contributed by atoms with Gasteiger partial charge < -0.3 is 10.4 Å². The molecule has 2 aromatic rings. The standard InChI is InChI=1S/C24H26F6N3O/c1-14-7-15-8-18(34)3-4-19(15)23(33(14)13-24(28,29)30)22-20(26)9-16(10-21(22)27)31-17-11-32(12-17)6-2-5-25/h3-4,8-10,14,17,31,34H,2,5-7,11-13H2,1H3/t14-/m1/s1. The molecule has 2 heterocycles. The van der Waals surface area contributed by atoms with Gasteiger partial charge in [-0.25, -0.2) is 8.78 Å². The highest BCUT2D eigenvalue weighted by Gasteiger charge is 2.43. The molecule has 1 atom stereocenters. The van der Waals surface area contributed by atoms with E-state index in [0.29, 0.717) is 31.6 Å². The Morgan fingerprint density at radius 3 is 2.38 bits per heavy atom. The average molecular weight is 486 g/mol. The molecule has 1 radical (unpaired) electrons. The molecule has 0 saturated carbocycles. The van der Waals surface area contributed by atoms with Gasteiger partial charge in [0.1, 0.15) is 23.4 Å². The van der Waals surface area contributed by atoms with E-state index in [0.717, 1.165) is 17.0 Å². The van der Waals surface area contributed by atoms with E-state index in [4.69, 9.17) is 0 Å². The van der Waals surface area contributed by atoms with Crippen molar-refractivity contribution in [3.63, 3.8) is 0 Å². The first-order valence-corrected chi connectivity index (χ1v) is 11.1. The fourth-order valence-electron chi connectivity index (χ4n) is 4.74. The van der Waals surface area contributed by atoms with Crippen molar-refractivity contribution >= 4 is 5.69 Å². The second-order valence-electron chi connectivity index (χ2n) is 8.94. The van der Waals surface area contributed by atoms with Gasteiger partial charge in [0.25, 0.3) is 0 Å². The van der Waals surface area contributed by atoms with Crippen LogP contribution in [-0.4, -0.2) is 66.0 Å². The molecule has 2 aliphatic heterocycles. The number of nitrogens with one attached hydrogen (secondary N) is 1. The van der Waals surface area contributed by atoms with Gasteiger partial charge in [0, 0.05) is 31.4 Å².